The van der Waals surface area contributed by atoms with E-state index in [9.17, 15) is 28.2 Å². The van der Waals surface area contributed by atoms with Gasteiger partial charge in [0.1, 0.15) is 11.5 Å². The molecule has 0 heterocycles. The van der Waals surface area contributed by atoms with Gasteiger partial charge in [-0.25, -0.2) is 0 Å². The van der Waals surface area contributed by atoms with Gasteiger partial charge in [0.05, 0.1) is 11.7 Å². The van der Waals surface area contributed by atoms with Gasteiger partial charge in [-0.1, -0.05) is 23.8 Å². The number of aliphatic hydroxyl groups is 1. The molecule has 0 aromatic heterocycles. The lowest BCUT2D eigenvalue weighted by molar-refractivity contribution is -0.274. The molecular formula is C17H16F3NO4. The molecule has 0 spiro atoms. The first-order valence-electron chi connectivity index (χ1n) is 7.27. The highest BCUT2D eigenvalue weighted by atomic mass is 19.4. The SMILES string of the molecule is Cc1ccc(O)c(C(=O)NCC(O)c2ccc(OC(F)(F)F)cc2)c1. The van der Waals surface area contributed by atoms with Crippen LogP contribution < -0.4 is 10.1 Å². The van der Waals surface area contributed by atoms with E-state index in [1.807, 2.05) is 0 Å². The predicted octanol–water partition coefficient (Wildman–Crippen LogP) is 3.06. The van der Waals surface area contributed by atoms with E-state index in [-0.39, 0.29) is 17.9 Å². The van der Waals surface area contributed by atoms with Crippen molar-refractivity contribution < 1.29 is 32.9 Å². The minimum absolute atomic E-state index is 0.0705. The topological polar surface area (TPSA) is 78.8 Å². The summed E-state index contributed by atoms with van der Waals surface area (Å²) < 4.78 is 40.0. The Morgan fingerprint density at radius 3 is 2.44 bits per heavy atom. The normalized spacial score (nSPS) is 12.5. The zero-order chi connectivity index (χ0) is 18.6. The summed E-state index contributed by atoms with van der Waals surface area (Å²) in [6.07, 6.45) is -5.92. The van der Waals surface area contributed by atoms with Gasteiger partial charge in [-0.05, 0) is 36.8 Å². The van der Waals surface area contributed by atoms with E-state index >= 15 is 0 Å². The molecule has 0 radical (unpaired) electrons. The fourth-order valence-electron chi connectivity index (χ4n) is 2.13. The zero-order valence-corrected chi connectivity index (χ0v) is 13.2. The molecule has 1 atom stereocenters. The number of benzene rings is 2. The molecule has 0 aliphatic rings. The fraction of sp³-hybridized carbons (Fsp3) is 0.235. The summed E-state index contributed by atoms with van der Waals surface area (Å²) in [7, 11) is 0. The molecule has 25 heavy (non-hydrogen) atoms. The summed E-state index contributed by atoms with van der Waals surface area (Å²) in [6, 6.07) is 9.20. The molecule has 0 aliphatic carbocycles. The maximum absolute atomic E-state index is 12.1. The first kappa shape index (κ1) is 18.6. The first-order chi connectivity index (χ1) is 11.7. The van der Waals surface area contributed by atoms with Crippen LogP contribution in [0.1, 0.15) is 27.6 Å². The Bertz CT molecular complexity index is 745. The van der Waals surface area contributed by atoms with E-state index in [1.54, 1.807) is 13.0 Å². The smallest absolute Gasteiger partial charge is 0.507 e. The number of rotatable bonds is 5. The molecule has 0 saturated carbocycles. The summed E-state index contributed by atoms with van der Waals surface area (Å²) in [4.78, 5) is 12.0. The highest BCUT2D eigenvalue weighted by Gasteiger charge is 2.31. The number of aryl methyl sites for hydroxylation is 1. The minimum Gasteiger partial charge on any atom is -0.507 e. The van der Waals surface area contributed by atoms with Crippen LogP contribution in [-0.2, 0) is 0 Å². The van der Waals surface area contributed by atoms with Crippen LogP contribution in [0.3, 0.4) is 0 Å². The Labute approximate surface area is 141 Å². The van der Waals surface area contributed by atoms with E-state index < -0.39 is 24.1 Å². The van der Waals surface area contributed by atoms with Crippen molar-refractivity contribution in [2.75, 3.05) is 6.54 Å². The van der Waals surface area contributed by atoms with Gasteiger partial charge in [0.2, 0.25) is 0 Å². The summed E-state index contributed by atoms with van der Waals surface area (Å²) in [5.41, 5.74) is 1.16. The molecule has 1 amide bonds. The first-order valence-corrected chi connectivity index (χ1v) is 7.27. The second kappa shape index (κ2) is 7.43. The van der Waals surface area contributed by atoms with Crippen LogP contribution in [0.4, 0.5) is 13.2 Å². The zero-order valence-electron chi connectivity index (χ0n) is 13.2. The minimum atomic E-state index is -4.79. The summed E-state index contributed by atoms with van der Waals surface area (Å²) in [5, 5.41) is 22.2. The summed E-state index contributed by atoms with van der Waals surface area (Å²) in [5.74, 6) is -1.17. The van der Waals surface area contributed by atoms with Gasteiger partial charge in [0.25, 0.3) is 5.91 Å². The van der Waals surface area contributed by atoms with Crippen LogP contribution in [-0.4, -0.2) is 29.0 Å². The van der Waals surface area contributed by atoms with Gasteiger partial charge in [-0.3, -0.25) is 4.79 Å². The molecular weight excluding hydrogens is 339 g/mol. The monoisotopic (exact) mass is 355 g/mol. The maximum atomic E-state index is 12.1. The number of carbonyl (C=O) groups is 1. The highest BCUT2D eigenvalue weighted by Crippen LogP contribution is 2.24. The third-order valence-electron chi connectivity index (χ3n) is 3.35. The van der Waals surface area contributed by atoms with Gasteiger partial charge < -0.3 is 20.3 Å². The second-order valence-electron chi connectivity index (χ2n) is 5.36. The molecule has 8 heteroatoms. The molecule has 0 saturated heterocycles. The lowest BCUT2D eigenvalue weighted by Crippen LogP contribution is -2.28. The molecule has 134 valence electrons. The molecule has 0 aliphatic heterocycles. The number of phenolic OH excluding ortho intramolecular Hbond substituents is 1. The lowest BCUT2D eigenvalue weighted by atomic mass is 10.1. The highest BCUT2D eigenvalue weighted by molar-refractivity contribution is 5.97. The van der Waals surface area contributed by atoms with Crippen LogP contribution in [0, 0.1) is 6.92 Å². The van der Waals surface area contributed by atoms with Gasteiger partial charge >= 0.3 is 6.36 Å². The second-order valence-corrected chi connectivity index (χ2v) is 5.36. The molecule has 3 N–H and O–H groups in total. The van der Waals surface area contributed by atoms with Gasteiger partial charge in [-0.15, -0.1) is 13.2 Å². The lowest BCUT2D eigenvalue weighted by Gasteiger charge is -2.14. The van der Waals surface area contributed by atoms with E-state index in [2.05, 4.69) is 10.1 Å². The summed E-state index contributed by atoms with van der Waals surface area (Å²) in [6.45, 7) is 1.58. The van der Waals surface area contributed by atoms with E-state index in [1.165, 1.54) is 24.3 Å². The van der Waals surface area contributed by atoms with Crippen molar-refractivity contribution in [3.8, 4) is 11.5 Å². The van der Waals surface area contributed by atoms with Crippen molar-refractivity contribution in [3.05, 3.63) is 59.2 Å². The molecule has 0 bridgehead atoms. The molecule has 5 nitrogen and oxygen atoms in total. The molecule has 0 fully saturated rings. The third-order valence-corrected chi connectivity index (χ3v) is 3.35. The number of ether oxygens (including phenoxy) is 1. The van der Waals surface area contributed by atoms with E-state index in [0.29, 0.717) is 5.56 Å². The number of hydrogen-bond acceptors (Lipinski definition) is 4. The van der Waals surface area contributed by atoms with E-state index in [4.69, 9.17) is 0 Å². The molecule has 1 unspecified atom stereocenters. The molecule has 2 aromatic rings. The number of carbonyl (C=O) groups excluding carboxylic acids is 1. The maximum Gasteiger partial charge on any atom is 0.573 e. The Hall–Kier alpha value is -2.74. The number of hydrogen-bond donors (Lipinski definition) is 3. The largest absolute Gasteiger partial charge is 0.573 e. The van der Waals surface area contributed by atoms with Crippen LogP contribution in [0.2, 0.25) is 0 Å². The average Bonchev–Trinajstić information content (AvgIpc) is 2.53. The van der Waals surface area contributed by atoms with Crippen molar-refractivity contribution in [3.63, 3.8) is 0 Å². The number of phenols is 1. The standard InChI is InChI=1S/C17H16F3NO4/c1-10-2-7-14(22)13(8-10)16(24)21-9-15(23)11-3-5-12(6-4-11)25-17(18,19)20/h2-8,15,22-23H,9H2,1H3,(H,21,24). The van der Waals surface area contributed by atoms with Gasteiger partial charge in [0, 0.05) is 6.54 Å². The number of aliphatic hydroxyl groups excluding tert-OH is 1. The summed E-state index contributed by atoms with van der Waals surface area (Å²) >= 11 is 0. The molecule has 2 rings (SSSR count). The van der Waals surface area contributed by atoms with E-state index in [0.717, 1.165) is 17.7 Å². The Morgan fingerprint density at radius 1 is 1.20 bits per heavy atom. The van der Waals surface area contributed by atoms with Crippen molar-refractivity contribution in [2.24, 2.45) is 0 Å². The van der Waals surface area contributed by atoms with Gasteiger partial charge in [0.15, 0.2) is 0 Å². The van der Waals surface area contributed by atoms with Crippen LogP contribution in [0.5, 0.6) is 11.5 Å². The van der Waals surface area contributed by atoms with Crippen molar-refractivity contribution in [2.45, 2.75) is 19.4 Å². The number of amides is 1. The fourth-order valence-corrected chi connectivity index (χ4v) is 2.13. The van der Waals surface area contributed by atoms with Crippen LogP contribution in [0.25, 0.3) is 0 Å². The van der Waals surface area contributed by atoms with Crippen molar-refractivity contribution in [1.29, 1.82) is 0 Å². The Morgan fingerprint density at radius 2 is 1.84 bits per heavy atom. The quantitative estimate of drug-likeness (QED) is 0.770. The number of alkyl halides is 3. The molecule has 2 aromatic carbocycles. The average molecular weight is 355 g/mol. The Kier molecular flexibility index (Phi) is 5.53. The van der Waals surface area contributed by atoms with Crippen LogP contribution in [0.15, 0.2) is 42.5 Å². The van der Waals surface area contributed by atoms with Gasteiger partial charge in [-0.2, -0.15) is 0 Å². The Balaban J connectivity index is 1.96. The predicted molar refractivity (Wildman–Crippen MR) is 83.3 cm³/mol. The number of nitrogens with one attached hydrogen (secondary N) is 1. The van der Waals surface area contributed by atoms with Crippen LogP contribution >= 0.6 is 0 Å². The number of halogens is 3. The van der Waals surface area contributed by atoms with Crippen molar-refractivity contribution >= 4 is 5.91 Å². The van der Waals surface area contributed by atoms with Crippen molar-refractivity contribution in [1.82, 2.24) is 5.32 Å². The number of aromatic hydroxyl groups is 1. The third kappa shape index (κ3) is 5.39.